The number of aryl methyl sites for hydroxylation is 2. The lowest BCUT2D eigenvalue weighted by atomic mass is 10.0. The molecule has 0 spiro atoms. The van der Waals surface area contributed by atoms with E-state index < -0.39 is 0 Å². The van der Waals surface area contributed by atoms with Crippen LogP contribution in [0.4, 0.5) is 0 Å². The number of nitrogens with one attached hydrogen (secondary N) is 1. The van der Waals surface area contributed by atoms with E-state index >= 15 is 0 Å². The van der Waals surface area contributed by atoms with E-state index in [4.69, 9.17) is 0 Å². The third kappa shape index (κ3) is 2.14. The van der Waals surface area contributed by atoms with Gasteiger partial charge in [-0.15, -0.1) is 11.3 Å². The highest BCUT2D eigenvalue weighted by Crippen LogP contribution is 2.31. The van der Waals surface area contributed by atoms with Gasteiger partial charge < -0.3 is 5.32 Å². The number of thiophene rings is 2. The molecule has 2 aromatic rings. The Bertz CT molecular complexity index is 428. The average Bonchev–Trinajstić information content (AvgIpc) is 2.79. The fourth-order valence-electron chi connectivity index (χ4n) is 1.88. The molecule has 80 valence electrons. The normalized spacial score (nSPS) is 13.0. The Kier molecular flexibility index (Phi) is 3.24. The Morgan fingerprint density at radius 1 is 1.33 bits per heavy atom. The first-order valence-electron chi connectivity index (χ1n) is 4.98. The second kappa shape index (κ2) is 4.47. The molecule has 1 nitrogen and oxygen atoms in total. The maximum absolute atomic E-state index is 3.39. The first kappa shape index (κ1) is 10.9. The number of hydrogen-bond donors (Lipinski definition) is 1. The van der Waals surface area contributed by atoms with Gasteiger partial charge >= 0.3 is 0 Å². The zero-order valence-corrected chi connectivity index (χ0v) is 10.8. The summed E-state index contributed by atoms with van der Waals surface area (Å²) in [6, 6.07) is 4.83. The zero-order valence-electron chi connectivity index (χ0n) is 9.20. The van der Waals surface area contributed by atoms with Crippen LogP contribution in [0.15, 0.2) is 22.9 Å². The minimum atomic E-state index is 0.348. The van der Waals surface area contributed by atoms with Crippen molar-refractivity contribution in [1.82, 2.24) is 5.32 Å². The van der Waals surface area contributed by atoms with Gasteiger partial charge in [-0.2, -0.15) is 11.3 Å². The van der Waals surface area contributed by atoms with Crippen LogP contribution in [-0.4, -0.2) is 7.05 Å². The van der Waals surface area contributed by atoms with Crippen molar-refractivity contribution in [2.75, 3.05) is 7.05 Å². The fourth-order valence-corrected chi connectivity index (χ4v) is 3.53. The van der Waals surface area contributed by atoms with Crippen LogP contribution in [0.25, 0.3) is 0 Å². The molecule has 1 unspecified atom stereocenters. The molecular weight excluding hydrogens is 222 g/mol. The molecule has 15 heavy (non-hydrogen) atoms. The lowest BCUT2D eigenvalue weighted by molar-refractivity contribution is 0.693. The molecule has 2 rings (SSSR count). The summed E-state index contributed by atoms with van der Waals surface area (Å²) in [5.41, 5.74) is 2.78. The molecule has 1 atom stereocenters. The van der Waals surface area contributed by atoms with Crippen molar-refractivity contribution in [3.05, 3.63) is 43.8 Å². The van der Waals surface area contributed by atoms with Crippen LogP contribution < -0.4 is 5.32 Å². The largest absolute Gasteiger partial charge is 0.309 e. The van der Waals surface area contributed by atoms with Crippen molar-refractivity contribution in [1.29, 1.82) is 0 Å². The lowest BCUT2D eigenvalue weighted by Crippen LogP contribution is -2.16. The van der Waals surface area contributed by atoms with Gasteiger partial charge in [0, 0.05) is 9.75 Å². The minimum absolute atomic E-state index is 0.348. The summed E-state index contributed by atoms with van der Waals surface area (Å²) in [6.45, 7) is 4.37. The van der Waals surface area contributed by atoms with Crippen LogP contribution >= 0.6 is 22.7 Å². The molecule has 0 aromatic carbocycles. The number of rotatable bonds is 3. The van der Waals surface area contributed by atoms with Crippen molar-refractivity contribution in [2.45, 2.75) is 19.9 Å². The van der Waals surface area contributed by atoms with E-state index in [1.807, 2.05) is 18.4 Å². The molecule has 0 aliphatic carbocycles. The molecule has 0 saturated heterocycles. The van der Waals surface area contributed by atoms with Crippen LogP contribution in [-0.2, 0) is 0 Å². The van der Waals surface area contributed by atoms with Gasteiger partial charge in [-0.1, -0.05) is 0 Å². The quantitative estimate of drug-likeness (QED) is 0.857. The van der Waals surface area contributed by atoms with E-state index in [2.05, 4.69) is 42.1 Å². The predicted molar refractivity (Wildman–Crippen MR) is 69.0 cm³/mol. The Labute approximate surface area is 98.8 Å². The highest BCUT2D eigenvalue weighted by atomic mass is 32.1. The van der Waals surface area contributed by atoms with Crippen molar-refractivity contribution < 1.29 is 0 Å². The maximum Gasteiger partial charge on any atom is 0.0593 e. The molecule has 0 amide bonds. The van der Waals surface area contributed by atoms with Crippen LogP contribution in [0.3, 0.4) is 0 Å². The summed E-state index contributed by atoms with van der Waals surface area (Å²) >= 11 is 3.63. The first-order chi connectivity index (χ1) is 7.22. The van der Waals surface area contributed by atoms with E-state index in [1.165, 1.54) is 20.9 Å². The molecule has 2 aromatic heterocycles. The molecule has 0 aliphatic rings. The highest BCUT2D eigenvalue weighted by Gasteiger charge is 2.16. The second-order valence-electron chi connectivity index (χ2n) is 3.65. The third-order valence-electron chi connectivity index (χ3n) is 2.56. The van der Waals surface area contributed by atoms with Crippen LogP contribution in [0.2, 0.25) is 0 Å². The second-order valence-corrected chi connectivity index (χ2v) is 5.89. The zero-order chi connectivity index (χ0) is 10.8. The Morgan fingerprint density at radius 3 is 2.60 bits per heavy atom. The molecule has 3 heteroatoms. The van der Waals surface area contributed by atoms with E-state index in [9.17, 15) is 0 Å². The number of hydrogen-bond acceptors (Lipinski definition) is 3. The fraction of sp³-hybridized carbons (Fsp3) is 0.333. The Balaban J connectivity index is 2.39. The topological polar surface area (TPSA) is 12.0 Å². The summed E-state index contributed by atoms with van der Waals surface area (Å²) in [5, 5.41) is 7.74. The van der Waals surface area contributed by atoms with Crippen LogP contribution in [0.1, 0.15) is 26.9 Å². The molecule has 0 saturated carbocycles. The smallest absolute Gasteiger partial charge is 0.0593 e. The van der Waals surface area contributed by atoms with Gasteiger partial charge in [-0.05, 0) is 54.9 Å². The average molecular weight is 237 g/mol. The molecule has 1 N–H and O–H groups in total. The van der Waals surface area contributed by atoms with E-state index in [0.717, 1.165) is 0 Å². The maximum atomic E-state index is 3.39. The Hall–Kier alpha value is -0.640. The van der Waals surface area contributed by atoms with E-state index in [0.29, 0.717) is 6.04 Å². The van der Waals surface area contributed by atoms with Crippen LogP contribution in [0.5, 0.6) is 0 Å². The van der Waals surface area contributed by atoms with Gasteiger partial charge in [0.2, 0.25) is 0 Å². The summed E-state index contributed by atoms with van der Waals surface area (Å²) in [4.78, 5) is 2.80. The van der Waals surface area contributed by atoms with Crippen molar-refractivity contribution >= 4 is 22.7 Å². The van der Waals surface area contributed by atoms with E-state index in [1.54, 1.807) is 11.3 Å². The predicted octanol–water partition coefficient (Wildman–Crippen LogP) is 3.74. The molecule has 0 fully saturated rings. The van der Waals surface area contributed by atoms with Gasteiger partial charge in [0.05, 0.1) is 6.04 Å². The lowest BCUT2D eigenvalue weighted by Gasteiger charge is -2.14. The van der Waals surface area contributed by atoms with Crippen molar-refractivity contribution in [3.63, 3.8) is 0 Å². The molecule has 2 heterocycles. The molecule has 0 aliphatic heterocycles. The summed E-state index contributed by atoms with van der Waals surface area (Å²) in [5.74, 6) is 0. The molecule has 0 radical (unpaired) electrons. The standard InChI is InChI=1S/C12H15NS2/c1-8-6-11(9(2)15-8)12(13-3)10-4-5-14-7-10/h4-7,12-13H,1-3H3. The SMILES string of the molecule is CNC(c1ccsc1)c1cc(C)sc1C. The van der Waals surface area contributed by atoms with Crippen LogP contribution in [0, 0.1) is 13.8 Å². The molecular formula is C12H15NS2. The van der Waals surface area contributed by atoms with Gasteiger partial charge in [-0.3, -0.25) is 0 Å². The minimum Gasteiger partial charge on any atom is -0.309 e. The third-order valence-corrected chi connectivity index (χ3v) is 4.24. The van der Waals surface area contributed by atoms with Gasteiger partial charge in [0.25, 0.3) is 0 Å². The van der Waals surface area contributed by atoms with Gasteiger partial charge in [0.15, 0.2) is 0 Å². The van der Waals surface area contributed by atoms with Crippen molar-refractivity contribution in [3.8, 4) is 0 Å². The summed E-state index contributed by atoms with van der Waals surface area (Å²) in [7, 11) is 2.02. The van der Waals surface area contributed by atoms with Gasteiger partial charge in [0.1, 0.15) is 0 Å². The first-order valence-corrected chi connectivity index (χ1v) is 6.74. The highest BCUT2D eigenvalue weighted by molar-refractivity contribution is 7.12. The monoisotopic (exact) mass is 237 g/mol. The summed E-state index contributed by atoms with van der Waals surface area (Å²) < 4.78 is 0. The van der Waals surface area contributed by atoms with Gasteiger partial charge in [-0.25, -0.2) is 0 Å². The molecule has 0 bridgehead atoms. The Morgan fingerprint density at radius 2 is 2.13 bits per heavy atom. The summed E-state index contributed by atoms with van der Waals surface area (Å²) in [6.07, 6.45) is 0. The van der Waals surface area contributed by atoms with Crippen molar-refractivity contribution in [2.24, 2.45) is 0 Å². The van der Waals surface area contributed by atoms with E-state index in [-0.39, 0.29) is 0 Å².